The second-order valence-corrected chi connectivity index (χ2v) is 16.0. The Morgan fingerprint density at radius 2 is 1.15 bits per heavy atom. The van der Waals surface area contributed by atoms with Crippen LogP contribution in [-0.2, 0) is 29.7 Å². The van der Waals surface area contributed by atoms with Crippen molar-refractivity contribution in [2.45, 2.75) is 84.6 Å². The summed E-state index contributed by atoms with van der Waals surface area (Å²) < 4.78 is 84.8. The fourth-order valence-corrected chi connectivity index (χ4v) is 11.2. The van der Waals surface area contributed by atoms with Crippen molar-refractivity contribution in [2.24, 2.45) is 0 Å². The van der Waals surface area contributed by atoms with Crippen molar-refractivity contribution in [3.8, 4) is 5.75 Å². The zero-order chi connectivity index (χ0) is 31.4. The molecule has 6 atom stereocenters. The highest BCUT2D eigenvalue weighted by Gasteiger charge is 2.48. The van der Waals surface area contributed by atoms with Crippen LogP contribution < -0.4 is 4.18 Å². The monoisotopic (exact) mass is 656 g/mol. The number of rotatable bonds is 6. The third-order valence-electron chi connectivity index (χ3n) is 10.6. The lowest BCUT2D eigenvalue weighted by atomic mass is 9.77. The van der Waals surface area contributed by atoms with Crippen molar-refractivity contribution < 1.29 is 35.0 Å². The lowest BCUT2D eigenvalue weighted by Gasteiger charge is -2.29. The molecule has 6 unspecified atom stereocenters. The van der Waals surface area contributed by atoms with Gasteiger partial charge in [-0.05, 0) is 66.5 Å². The predicted octanol–water partition coefficient (Wildman–Crippen LogP) is 7.23. The van der Waals surface area contributed by atoms with Crippen LogP contribution in [0.4, 0.5) is 0 Å². The van der Waals surface area contributed by atoms with Crippen LogP contribution in [0.3, 0.4) is 0 Å². The maximum atomic E-state index is 15.1. The summed E-state index contributed by atoms with van der Waals surface area (Å²) in [4.78, 5) is -0.102. The Hall–Kier alpha value is -3.54. The Bertz CT molecular complexity index is 2240. The number of hydrogen-bond donors (Lipinski definition) is 1. The van der Waals surface area contributed by atoms with E-state index in [1.165, 1.54) is 0 Å². The molecule has 4 bridgehead atoms. The lowest BCUT2D eigenvalue weighted by Crippen LogP contribution is -2.25. The molecule has 5 aromatic carbocycles. The lowest BCUT2D eigenvalue weighted by molar-refractivity contribution is 0.0999. The summed E-state index contributed by atoms with van der Waals surface area (Å²) in [5.41, 5.74) is 1.46. The van der Waals surface area contributed by atoms with Crippen LogP contribution in [0.25, 0.3) is 32.3 Å². The molecule has 8 nitrogen and oxygen atoms in total. The van der Waals surface area contributed by atoms with E-state index in [0.717, 1.165) is 54.9 Å². The van der Waals surface area contributed by atoms with E-state index < -0.39 is 20.2 Å². The first kappa shape index (κ1) is 28.7. The van der Waals surface area contributed by atoms with E-state index >= 15 is 8.42 Å². The molecule has 0 radical (unpaired) electrons. The molecule has 4 heterocycles. The van der Waals surface area contributed by atoms with Gasteiger partial charge in [-0.2, -0.15) is 16.8 Å². The van der Waals surface area contributed by atoms with E-state index in [1.54, 1.807) is 48.5 Å². The van der Waals surface area contributed by atoms with Crippen molar-refractivity contribution in [2.75, 3.05) is 0 Å². The van der Waals surface area contributed by atoms with Crippen molar-refractivity contribution in [1.82, 2.24) is 0 Å². The summed E-state index contributed by atoms with van der Waals surface area (Å²) in [5, 5.41) is 2.74. The molecule has 10 heteroatoms. The fourth-order valence-electron chi connectivity index (χ4n) is 8.78. The van der Waals surface area contributed by atoms with Gasteiger partial charge < -0.3 is 13.7 Å². The highest BCUT2D eigenvalue weighted by Crippen LogP contribution is 2.53. The van der Waals surface area contributed by atoms with E-state index in [1.807, 2.05) is 30.3 Å². The van der Waals surface area contributed by atoms with Gasteiger partial charge in [0.1, 0.15) is 9.79 Å². The quantitative estimate of drug-likeness (QED) is 0.116. The maximum Gasteiger partial charge on any atom is 0.339 e. The molecule has 4 fully saturated rings. The molecule has 0 amide bonds. The topological polar surface area (TPSA) is 116 Å². The summed E-state index contributed by atoms with van der Waals surface area (Å²) in [6.07, 6.45) is 5.22. The molecule has 4 saturated heterocycles. The molecular formula is C36H32O8S2. The van der Waals surface area contributed by atoms with E-state index in [2.05, 4.69) is 0 Å². The summed E-state index contributed by atoms with van der Waals surface area (Å²) in [6, 6.07) is 23.0. The van der Waals surface area contributed by atoms with E-state index in [0.29, 0.717) is 5.56 Å². The van der Waals surface area contributed by atoms with Gasteiger partial charge in [0.2, 0.25) is 0 Å². The second-order valence-electron chi connectivity index (χ2n) is 13.1. The minimum absolute atomic E-state index is 0.0250. The summed E-state index contributed by atoms with van der Waals surface area (Å²) >= 11 is 0. The molecule has 5 aromatic rings. The normalized spacial score (nSPS) is 27.3. The van der Waals surface area contributed by atoms with Crippen LogP contribution in [0.15, 0.2) is 88.7 Å². The standard InChI is InChI=1S/C36H32O8S2/c37-45(38,39)35-26-11-5-3-9-24(26)34(25-10-4-6-12-27(25)35)44-46(40,41)36-29(28-18-21-13-15-31(28)42-21)17-20-7-1-2-8-23(20)33(36)30-19-22-14-16-32(30)43-22/h1-12,17,21-22,28,30-32H,13-16,18-19H2,(H,37,38,39). The molecule has 9 rings (SSSR count). The Kier molecular flexibility index (Phi) is 6.37. The van der Waals surface area contributed by atoms with E-state index in [9.17, 15) is 13.0 Å². The van der Waals surface area contributed by atoms with Gasteiger partial charge in [-0.25, -0.2) is 0 Å². The predicted molar refractivity (Wildman–Crippen MR) is 174 cm³/mol. The van der Waals surface area contributed by atoms with Crippen LogP contribution in [0.1, 0.15) is 61.5 Å². The molecule has 0 spiro atoms. The number of ether oxygens (including phenoxy) is 2. The van der Waals surface area contributed by atoms with Gasteiger partial charge in [-0.15, -0.1) is 0 Å². The van der Waals surface area contributed by atoms with Gasteiger partial charge in [0, 0.05) is 33.4 Å². The number of hydrogen-bond acceptors (Lipinski definition) is 7. The average Bonchev–Trinajstić information content (AvgIpc) is 3.86. The summed E-state index contributed by atoms with van der Waals surface area (Å²) in [6.45, 7) is 0. The molecule has 1 N–H and O–H groups in total. The van der Waals surface area contributed by atoms with Crippen molar-refractivity contribution in [1.29, 1.82) is 0 Å². The van der Waals surface area contributed by atoms with Gasteiger partial charge in [-0.3, -0.25) is 4.55 Å². The first-order chi connectivity index (χ1) is 22.2. The van der Waals surface area contributed by atoms with Crippen LogP contribution in [0, 0.1) is 0 Å². The molecule has 46 heavy (non-hydrogen) atoms. The zero-order valence-electron chi connectivity index (χ0n) is 24.8. The van der Waals surface area contributed by atoms with Crippen molar-refractivity contribution in [3.05, 3.63) is 90.0 Å². The van der Waals surface area contributed by atoms with E-state index in [-0.39, 0.29) is 73.3 Å². The first-order valence-electron chi connectivity index (χ1n) is 15.9. The molecule has 4 aliphatic heterocycles. The minimum Gasteiger partial charge on any atom is -0.378 e. The number of benzene rings is 5. The van der Waals surface area contributed by atoms with Gasteiger partial charge >= 0.3 is 10.1 Å². The maximum absolute atomic E-state index is 15.1. The summed E-state index contributed by atoms with van der Waals surface area (Å²) in [5.74, 6) is -0.200. The SMILES string of the molecule is O=S(=O)(O)c1c2ccccc2c(OS(=O)(=O)c2c(C3CC4CCC3O4)cc3ccccc3c2C2CC3CCC2O3)c2ccccc12. The van der Waals surface area contributed by atoms with Crippen molar-refractivity contribution in [3.63, 3.8) is 0 Å². The molecule has 0 saturated carbocycles. The molecule has 236 valence electrons. The Morgan fingerprint density at radius 3 is 1.67 bits per heavy atom. The van der Waals surface area contributed by atoms with Crippen LogP contribution in [0.5, 0.6) is 5.75 Å². The Morgan fingerprint density at radius 1 is 0.630 bits per heavy atom. The largest absolute Gasteiger partial charge is 0.378 e. The van der Waals surface area contributed by atoms with Gasteiger partial charge in [0.05, 0.1) is 24.4 Å². The minimum atomic E-state index is -4.67. The van der Waals surface area contributed by atoms with Crippen LogP contribution in [-0.4, -0.2) is 45.8 Å². The molecule has 4 aliphatic rings. The van der Waals surface area contributed by atoms with Crippen LogP contribution >= 0.6 is 0 Å². The summed E-state index contributed by atoms with van der Waals surface area (Å²) in [7, 11) is -9.20. The first-order valence-corrected chi connectivity index (χ1v) is 18.7. The van der Waals surface area contributed by atoms with Gasteiger partial charge in [0.15, 0.2) is 5.75 Å². The van der Waals surface area contributed by atoms with Crippen LogP contribution in [0.2, 0.25) is 0 Å². The third kappa shape index (κ3) is 4.34. The zero-order valence-corrected chi connectivity index (χ0v) is 26.5. The molecular weight excluding hydrogens is 625 g/mol. The number of fused-ring (bicyclic) bond motifs is 7. The molecule has 0 aliphatic carbocycles. The Balaban J connectivity index is 1.32. The van der Waals surface area contributed by atoms with Gasteiger partial charge in [0.25, 0.3) is 10.1 Å². The van der Waals surface area contributed by atoms with Gasteiger partial charge in [-0.1, -0.05) is 72.8 Å². The fraction of sp³-hybridized carbons (Fsp3) is 0.333. The Labute approximate surface area is 267 Å². The second kappa shape index (κ2) is 10.2. The van der Waals surface area contributed by atoms with Crippen molar-refractivity contribution >= 4 is 52.6 Å². The average molecular weight is 657 g/mol. The molecule has 0 aromatic heterocycles. The van der Waals surface area contributed by atoms with E-state index in [4.69, 9.17) is 13.7 Å². The third-order valence-corrected chi connectivity index (χ3v) is 12.9. The smallest absolute Gasteiger partial charge is 0.339 e. The highest BCUT2D eigenvalue weighted by atomic mass is 32.2. The highest BCUT2D eigenvalue weighted by molar-refractivity contribution is 7.87.